The summed E-state index contributed by atoms with van der Waals surface area (Å²) in [4.78, 5) is 10.2. The Kier molecular flexibility index (Phi) is 11.8. The molecule has 5 N–H and O–H groups in total. The van der Waals surface area contributed by atoms with Crippen LogP contribution in [0.2, 0.25) is 0 Å². The molecule has 6 nitrogen and oxygen atoms in total. The zero-order valence-electron chi connectivity index (χ0n) is 10.0. The van der Waals surface area contributed by atoms with E-state index in [1.165, 1.54) is 0 Å². The number of carboxylic acid groups (broad SMARTS) is 1. The Morgan fingerprint density at radius 1 is 0.875 bits per heavy atom. The average Bonchev–Trinajstić information content (AvgIpc) is 2.25. The average molecular weight is 232 g/mol. The topological polar surface area (TPSA) is 85.4 Å². The van der Waals surface area contributed by atoms with Gasteiger partial charge in [0.05, 0.1) is 6.54 Å². The van der Waals surface area contributed by atoms with E-state index in [4.69, 9.17) is 5.11 Å². The molecule has 0 unspecified atom stereocenters. The van der Waals surface area contributed by atoms with Crippen LogP contribution in [0, 0.1) is 0 Å². The molecule has 0 spiro atoms. The van der Waals surface area contributed by atoms with Crippen LogP contribution in [0.15, 0.2) is 0 Å². The smallest absolute Gasteiger partial charge is 0.317 e. The van der Waals surface area contributed by atoms with Crippen LogP contribution in [0.1, 0.15) is 6.92 Å². The molecular weight excluding hydrogens is 208 g/mol. The van der Waals surface area contributed by atoms with Gasteiger partial charge in [0.1, 0.15) is 0 Å². The second-order valence-electron chi connectivity index (χ2n) is 3.42. The van der Waals surface area contributed by atoms with Gasteiger partial charge in [-0.15, -0.1) is 0 Å². The lowest BCUT2D eigenvalue weighted by Gasteiger charge is -2.07. The highest BCUT2D eigenvalue weighted by molar-refractivity contribution is 5.68. The van der Waals surface area contributed by atoms with Crippen molar-refractivity contribution < 1.29 is 9.90 Å². The van der Waals surface area contributed by atoms with Gasteiger partial charge in [0, 0.05) is 39.3 Å². The van der Waals surface area contributed by atoms with Gasteiger partial charge >= 0.3 is 5.97 Å². The van der Waals surface area contributed by atoms with Gasteiger partial charge in [0.2, 0.25) is 0 Å². The number of aliphatic carboxylic acids is 1. The second kappa shape index (κ2) is 12.4. The third-order valence-corrected chi connectivity index (χ3v) is 1.96. The molecule has 0 fully saturated rings. The van der Waals surface area contributed by atoms with Crippen LogP contribution in [0.4, 0.5) is 0 Å². The number of carbonyl (C=O) groups is 1. The molecule has 16 heavy (non-hydrogen) atoms. The molecule has 0 heterocycles. The molecule has 0 saturated heterocycles. The van der Waals surface area contributed by atoms with Crippen LogP contribution in [-0.2, 0) is 4.79 Å². The van der Waals surface area contributed by atoms with E-state index in [2.05, 4.69) is 28.2 Å². The van der Waals surface area contributed by atoms with Crippen LogP contribution < -0.4 is 21.3 Å². The minimum atomic E-state index is -0.815. The number of hydrogen-bond donors (Lipinski definition) is 5. The summed E-state index contributed by atoms with van der Waals surface area (Å²) in [6, 6.07) is 0. The summed E-state index contributed by atoms with van der Waals surface area (Å²) in [5, 5.41) is 20.9. The van der Waals surface area contributed by atoms with Crippen LogP contribution >= 0.6 is 0 Å². The zero-order valence-corrected chi connectivity index (χ0v) is 10.0. The summed E-state index contributed by atoms with van der Waals surface area (Å²) in [5.41, 5.74) is 0. The summed E-state index contributed by atoms with van der Waals surface area (Å²) in [5.74, 6) is -0.815. The number of likely N-dealkylation sites (N-methyl/N-ethyl adjacent to an activating group) is 1. The fraction of sp³-hybridized carbons (Fsp3) is 0.900. The standard InChI is InChI=1S/C10H24N4O2/c1-2-11-3-4-12-5-6-13-7-8-14-9-10(15)16/h11-14H,2-9H2,1H3,(H,15,16). The van der Waals surface area contributed by atoms with E-state index in [0.717, 1.165) is 39.3 Å². The predicted octanol–water partition coefficient (Wildman–Crippen LogP) is -1.55. The third-order valence-electron chi connectivity index (χ3n) is 1.96. The molecule has 6 heteroatoms. The Morgan fingerprint density at radius 2 is 1.31 bits per heavy atom. The van der Waals surface area contributed by atoms with Crippen molar-refractivity contribution in [2.24, 2.45) is 0 Å². The monoisotopic (exact) mass is 232 g/mol. The largest absolute Gasteiger partial charge is 0.480 e. The quantitative estimate of drug-likeness (QED) is 0.262. The van der Waals surface area contributed by atoms with Gasteiger partial charge in [-0.25, -0.2) is 0 Å². The van der Waals surface area contributed by atoms with Gasteiger partial charge in [0.25, 0.3) is 0 Å². The van der Waals surface area contributed by atoms with Gasteiger partial charge in [-0.1, -0.05) is 6.92 Å². The number of hydrogen-bond acceptors (Lipinski definition) is 5. The highest BCUT2D eigenvalue weighted by Crippen LogP contribution is 1.63. The summed E-state index contributed by atoms with van der Waals surface area (Å²) in [6.07, 6.45) is 0. The number of carboxylic acids is 1. The molecular formula is C10H24N4O2. The first-order valence-corrected chi connectivity index (χ1v) is 5.82. The van der Waals surface area contributed by atoms with E-state index < -0.39 is 5.97 Å². The van der Waals surface area contributed by atoms with E-state index in [0.29, 0.717) is 6.54 Å². The first kappa shape index (κ1) is 15.3. The summed E-state index contributed by atoms with van der Waals surface area (Å²) in [7, 11) is 0. The lowest BCUT2D eigenvalue weighted by molar-refractivity contribution is -0.135. The van der Waals surface area contributed by atoms with E-state index in [1.54, 1.807) is 0 Å². The maximum Gasteiger partial charge on any atom is 0.317 e. The van der Waals surface area contributed by atoms with Crippen LogP contribution in [-0.4, -0.2) is 63.4 Å². The molecule has 0 aliphatic heterocycles. The number of nitrogens with one attached hydrogen (secondary N) is 4. The van der Waals surface area contributed by atoms with Crippen molar-refractivity contribution in [2.75, 3.05) is 52.4 Å². The molecule has 0 aromatic heterocycles. The Bertz CT molecular complexity index is 167. The fourth-order valence-electron chi connectivity index (χ4n) is 1.15. The lowest BCUT2D eigenvalue weighted by atomic mass is 10.5. The van der Waals surface area contributed by atoms with Crippen molar-refractivity contribution in [2.45, 2.75) is 6.92 Å². The predicted molar refractivity (Wildman–Crippen MR) is 64.8 cm³/mol. The molecule has 0 saturated carbocycles. The normalized spacial score (nSPS) is 10.6. The zero-order chi connectivity index (χ0) is 12.1. The lowest BCUT2D eigenvalue weighted by Crippen LogP contribution is -2.36. The molecule has 96 valence electrons. The van der Waals surface area contributed by atoms with Crippen LogP contribution in [0.3, 0.4) is 0 Å². The van der Waals surface area contributed by atoms with Gasteiger partial charge in [-0.05, 0) is 6.54 Å². The van der Waals surface area contributed by atoms with E-state index in [9.17, 15) is 4.79 Å². The summed E-state index contributed by atoms with van der Waals surface area (Å²) in [6.45, 7) is 8.42. The highest BCUT2D eigenvalue weighted by Gasteiger charge is 1.93. The maximum absolute atomic E-state index is 10.2. The summed E-state index contributed by atoms with van der Waals surface area (Å²) < 4.78 is 0. The van der Waals surface area contributed by atoms with Crippen molar-refractivity contribution in [1.29, 1.82) is 0 Å². The van der Waals surface area contributed by atoms with Gasteiger partial charge in [-0.3, -0.25) is 4.79 Å². The van der Waals surface area contributed by atoms with Crippen molar-refractivity contribution in [1.82, 2.24) is 21.3 Å². The molecule has 0 atom stereocenters. The third kappa shape index (κ3) is 13.3. The molecule has 0 aliphatic rings. The minimum Gasteiger partial charge on any atom is -0.480 e. The van der Waals surface area contributed by atoms with Crippen molar-refractivity contribution in [3.05, 3.63) is 0 Å². The Hall–Kier alpha value is -0.690. The van der Waals surface area contributed by atoms with Crippen LogP contribution in [0.5, 0.6) is 0 Å². The molecule has 0 amide bonds. The highest BCUT2D eigenvalue weighted by atomic mass is 16.4. The molecule has 0 bridgehead atoms. The minimum absolute atomic E-state index is 0.0304. The fourth-order valence-corrected chi connectivity index (χ4v) is 1.15. The summed E-state index contributed by atoms with van der Waals surface area (Å²) >= 11 is 0. The first-order chi connectivity index (χ1) is 7.77. The Balaban J connectivity index is 2.90. The molecule has 0 radical (unpaired) electrons. The molecule has 0 rings (SSSR count). The Morgan fingerprint density at radius 3 is 1.75 bits per heavy atom. The number of rotatable bonds is 12. The first-order valence-electron chi connectivity index (χ1n) is 5.82. The van der Waals surface area contributed by atoms with Crippen LogP contribution in [0.25, 0.3) is 0 Å². The molecule has 0 aromatic carbocycles. The van der Waals surface area contributed by atoms with E-state index in [-0.39, 0.29) is 6.54 Å². The maximum atomic E-state index is 10.2. The molecule has 0 aliphatic carbocycles. The van der Waals surface area contributed by atoms with Gasteiger partial charge in [-0.2, -0.15) is 0 Å². The van der Waals surface area contributed by atoms with Gasteiger partial charge < -0.3 is 26.4 Å². The van der Waals surface area contributed by atoms with Gasteiger partial charge in [0.15, 0.2) is 0 Å². The van der Waals surface area contributed by atoms with E-state index in [1.807, 2.05) is 0 Å². The SMILES string of the molecule is CCNCCNCCNCCNCC(=O)O. The van der Waals surface area contributed by atoms with E-state index >= 15 is 0 Å². The van der Waals surface area contributed by atoms with Crippen molar-refractivity contribution >= 4 is 5.97 Å². The van der Waals surface area contributed by atoms with Crippen molar-refractivity contribution in [3.8, 4) is 0 Å². The second-order valence-corrected chi connectivity index (χ2v) is 3.42. The molecule has 0 aromatic rings. The van der Waals surface area contributed by atoms with Crippen molar-refractivity contribution in [3.63, 3.8) is 0 Å². The Labute approximate surface area is 97.2 Å².